The highest BCUT2D eigenvalue weighted by Gasteiger charge is 2.40. The number of carboxylic acid groups (broad SMARTS) is 1. The van der Waals surface area contributed by atoms with Crippen LogP contribution >= 0.6 is 0 Å². The van der Waals surface area contributed by atoms with E-state index in [0.29, 0.717) is 29.2 Å². The van der Waals surface area contributed by atoms with E-state index in [0.717, 1.165) is 5.56 Å². The zero-order valence-electron chi connectivity index (χ0n) is 15.1. The molecular weight excluding hydrogens is 350 g/mol. The van der Waals surface area contributed by atoms with Crippen molar-refractivity contribution >= 4 is 17.6 Å². The van der Waals surface area contributed by atoms with Crippen LogP contribution in [0.3, 0.4) is 0 Å². The Balaban J connectivity index is 2.11. The lowest BCUT2D eigenvalue weighted by Crippen LogP contribution is -2.33. The molecule has 2 atom stereocenters. The second-order valence-electron chi connectivity index (χ2n) is 6.23. The Hall–Kier alpha value is -3.06. The van der Waals surface area contributed by atoms with Crippen LogP contribution in [0, 0.1) is 5.92 Å². The minimum absolute atomic E-state index is 0.00654. The molecule has 0 aliphatic carbocycles. The summed E-state index contributed by atoms with van der Waals surface area (Å²) in [6.07, 6.45) is 0.377. The maximum Gasteiger partial charge on any atom is 0.316 e. The summed E-state index contributed by atoms with van der Waals surface area (Å²) in [5, 5.41) is 12.5. The van der Waals surface area contributed by atoms with Crippen molar-refractivity contribution in [1.82, 2.24) is 0 Å². The highest BCUT2D eigenvalue weighted by molar-refractivity contribution is 6.06. The second kappa shape index (κ2) is 8.09. The van der Waals surface area contributed by atoms with Gasteiger partial charge < -0.3 is 24.6 Å². The molecule has 1 aliphatic rings. The zero-order valence-corrected chi connectivity index (χ0v) is 15.1. The largest absolute Gasteiger partial charge is 0.497 e. The number of fused-ring (bicyclic) bond motifs is 1. The van der Waals surface area contributed by atoms with Gasteiger partial charge in [-0.05, 0) is 29.7 Å². The van der Waals surface area contributed by atoms with Crippen LogP contribution in [0.1, 0.15) is 17.0 Å². The van der Waals surface area contributed by atoms with Crippen molar-refractivity contribution < 1.29 is 28.9 Å². The van der Waals surface area contributed by atoms with E-state index in [1.54, 1.807) is 30.3 Å². The number of hydrogen-bond donors (Lipinski definition) is 2. The number of hydrogen-bond acceptors (Lipinski definition) is 5. The second-order valence-corrected chi connectivity index (χ2v) is 6.23. The molecule has 0 bridgehead atoms. The summed E-state index contributed by atoms with van der Waals surface area (Å²) in [7, 11) is 3.03. The minimum atomic E-state index is -1.25. The molecule has 2 aromatic carbocycles. The number of carbonyl (C=O) groups is 2. The molecule has 0 spiro atoms. The first-order chi connectivity index (χ1) is 13.0. The van der Waals surface area contributed by atoms with E-state index in [1.807, 2.05) is 12.1 Å². The lowest BCUT2D eigenvalue weighted by atomic mass is 9.81. The summed E-state index contributed by atoms with van der Waals surface area (Å²) in [4.78, 5) is 24.6. The fourth-order valence-electron chi connectivity index (χ4n) is 3.34. The van der Waals surface area contributed by atoms with Crippen molar-refractivity contribution in [2.45, 2.75) is 12.3 Å². The Morgan fingerprint density at radius 3 is 2.70 bits per heavy atom. The Bertz CT molecular complexity index is 850. The topological polar surface area (TPSA) is 94.1 Å². The molecule has 1 heterocycles. The van der Waals surface area contributed by atoms with Crippen LogP contribution in [-0.4, -0.2) is 38.0 Å². The van der Waals surface area contributed by atoms with Crippen LogP contribution < -0.4 is 14.8 Å². The van der Waals surface area contributed by atoms with E-state index >= 15 is 0 Å². The van der Waals surface area contributed by atoms with Crippen LogP contribution in [0.2, 0.25) is 0 Å². The van der Waals surface area contributed by atoms with Gasteiger partial charge in [0.05, 0.1) is 7.11 Å². The summed E-state index contributed by atoms with van der Waals surface area (Å²) in [6.45, 7) is -0.00654. The molecule has 2 unspecified atom stereocenters. The normalized spacial score (nSPS) is 18.8. The Morgan fingerprint density at radius 2 is 2.00 bits per heavy atom. The van der Waals surface area contributed by atoms with Gasteiger partial charge in [-0.25, -0.2) is 0 Å². The molecule has 3 rings (SSSR count). The summed E-state index contributed by atoms with van der Waals surface area (Å²) >= 11 is 0. The standard InChI is InChI=1S/C20H21NO6/c1-25-11-27-17-10-13(26-2)7-8-14(17)15-9-12-5-3-4-6-16(12)21-19(22)18(15)20(23)24/h3-8,10,15,18H,9,11H2,1-2H3,(H,21,22)(H,23,24). The van der Waals surface area contributed by atoms with Gasteiger partial charge in [-0.1, -0.05) is 24.3 Å². The molecule has 142 valence electrons. The van der Waals surface area contributed by atoms with E-state index in [-0.39, 0.29) is 6.79 Å². The van der Waals surface area contributed by atoms with E-state index in [4.69, 9.17) is 14.2 Å². The van der Waals surface area contributed by atoms with E-state index in [2.05, 4.69) is 5.32 Å². The van der Waals surface area contributed by atoms with Crippen molar-refractivity contribution in [2.24, 2.45) is 5.92 Å². The number of benzene rings is 2. The lowest BCUT2D eigenvalue weighted by molar-refractivity contribution is -0.146. The quantitative estimate of drug-likeness (QED) is 0.599. The molecule has 1 aliphatic heterocycles. The van der Waals surface area contributed by atoms with E-state index < -0.39 is 23.7 Å². The van der Waals surface area contributed by atoms with Crippen LogP contribution in [0.25, 0.3) is 0 Å². The smallest absolute Gasteiger partial charge is 0.316 e. The van der Waals surface area contributed by atoms with Gasteiger partial charge in [0.25, 0.3) is 0 Å². The summed E-state index contributed by atoms with van der Waals surface area (Å²) in [6, 6.07) is 12.4. The van der Waals surface area contributed by atoms with Crippen LogP contribution in [0.5, 0.6) is 11.5 Å². The van der Waals surface area contributed by atoms with Gasteiger partial charge in [0.1, 0.15) is 17.4 Å². The first-order valence-electron chi connectivity index (χ1n) is 8.46. The minimum Gasteiger partial charge on any atom is -0.497 e. The first-order valence-corrected chi connectivity index (χ1v) is 8.46. The summed E-state index contributed by atoms with van der Waals surface area (Å²) in [5.74, 6) is -2.60. The molecular formula is C20H21NO6. The molecule has 7 heteroatoms. The Morgan fingerprint density at radius 1 is 1.22 bits per heavy atom. The van der Waals surface area contributed by atoms with Crippen molar-refractivity contribution in [2.75, 3.05) is 26.3 Å². The van der Waals surface area contributed by atoms with Gasteiger partial charge in [-0.15, -0.1) is 0 Å². The van der Waals surface area contributed by atoms with Gasteiger partial charge in [0.15, 0.2) is 6.79 Å². The number of carboxylic acids is 1. The maximum atomic E-state index is 12.7. The lowest BCUT2D eigenvalue weighted by Gasteiger charge is -2.23. The highest BCUT2D eigenvalue weighted by Crippen LogP contribution is 2.40. The van der Waals surface area contributed by atoms with Crippen LogP contribution in [-0.2, 0) is 20.7 Å². The van der Waals surface area contributed by atoms with Gasteiger partial charge >= 0.3 is 5.97 Å². The van der Waals surface area contributed by atoms with Crippen molar-refractivity contribution in [3.8, 4) is 11.5 Å². The van der Waals surface area contributed by atoms with Gasteiger partial charge in [-0.3, -0.25) is 9.59 Å². The van der Waals surface area contributed by atoms with Gasteiger partial charge in [-0.2, -0.15) is 0 Å². The molecule has 0 radical (unpaired) electrons. The Labute approximate surface area is 156 Å². The highest BCUT2D eigenvalue weighted by atomic mass is 16.7. The molecule has 0 aromatic heterocycles. The number of ether oxygens (including phenoxy) is 3. The molecule has 0 saturated carbocycles. The molecule has 1 amide bonds. The molecule has 2 aromatic rings. The third-order valence-electron chi connectivity index (χ3n) is 4.62. The monoisotopic (exact) mass is 371 g/mol. The van der Waals surface area contributed by atoms with Crippen molar-refractivity contribution in [3.63, 3.8) is 0 Å². The third kappa shape index (κ3) is 3.88. The molecule has 0 fully saturated rings. The van der Waals surface area contributed by atoms with E-state index in [9.17, 15) is 14.7 Å². The number of para-hydroxylation sites is 1. The predicted octanol–water partition coefficient (Wildman–Crippen LogP) is 2.66. The number of rotatable bonds is 6. The predicted molar refractivity (Wildman–Crippen MR) is 98.1 cm³/mol. The van der Waals surface area contributed by atoms with Gasteiger partial charge in [0.2, 0.25) is 5.91 Å². The molecule has 7 nitrogen and oxygen atoms in total. The third-order valence-corrected chi connectivity index (χ3v) is 4.62. The maximum absolute atomic E-state index is 12.7. The number of aliphatic carboxylic acids is 1. The average Bonchev–Trinajstić information content (AvgIpc) is 2.81. The average molecular weight is 371 g/mol. The SMILES string of the molecule is COCOc1cc(OC)ccc1C1Cc2ccccc2NC(=O)C1C(=O)O. The molecule has 27 heavy (non-hydrogen) atoms. The molecule has 0 saturated heterocycles. The zero-order chi connectivity index (χ0) is 19.4. The fourth-order valence-corrected chi connectivity index (χ4v) is 3.34. The summed E-state index contributed by atoms with van der Waals surface area (Å²) < 4.78 is 15.9. The van der Waals surface area contributed by atoms with Crippen molar-refractivity contribution in [3.05, 3.63) is 53.6 Å². The van der Waals surface area contributed by atoms with Gasteiger partial charge in [0, 0.05) is 24.8 Å². The summed E-state index contributed by atoms with van der Waals surface area (Å²) in [5.41, 5.74) is 2.12. The number of methoxy groups -OCH3 is 2. The number of nitrogens with one attached hydrogen (secondary N) is 1. The number of amides is 1. The Kier molecular flexibility index (Phi) is 5.61. The van der Waals surface area contributed by atoms with Crippen LogP contribution in [0.15, 0.2) is 42.5 Å². The van der Waals surface area contributed by atoms with Crippen LogP contribution in [0.4, 0.5) is 5.69 Å². The fraction of sp³-hybridized carbons (Fsp3) is 0.300. The van der Waals surface area contributed by atoms with E-state index in [1.165, 1.54) is 14.2 Å². The number of carbonyl (C=O) groups excluding carboxylic acids is 1. The van der Waals surface area contributed by atoms with Crippen molar-refractivity contribution in [1.29, 1.82) is 0 Å². The first kappa shape index (κ1) is 18.7. The molecule has 2 N–H and O–H groups in total. The number of anilines is 1.